The van der Waals surface area contributed by atoms with E-state index in [-0.39, 0.29) is 5.91 Å². The van der Waals surface area contributed by atoms with Crippen LogP contribution in [0, 0.1) is 12.3 Å². The van der Waals surface area contributed by atoms with E-state index in [4.69, 9.17) is 0 Å². The molecule has 0 radical (unpaired) electrons. The van der Waals surface area contributed by atoms with E-state index in [1.807, 2.05) is 45.2 Å². The molecule has 4 heterocycles. The Balaban J connectivity index is 1.49. The van der Waals surface area contributed by atoms with Crippen LogP contribution in [0.1, 0.15) is 37.1 Å². The molecule has 1 aliphatic rings. The molecule has 0 saturated carbocycles. The number of H-pyrrole nitrogens is 1. The van der Waals surface area contributed by atoms with Crippen LogP contribution in [0.3, 0.4) is 0 Å². The smallest absolute Gasteiger partial charge is 0.329 e. The number of anilines is 1. The Hall–Kier alpha value is -3.22. The average molecular weight is 377 g/mol. The van der Waals surface area contributed by atoms with Crippen LogP contribution in [-0.2, 0) is 11.2 Å². The van der Waals surface area contributed by atoms with Gasteiger partial charge in [-0.2, -0.15) is 0 Å². The normalized spacial score (nSPS) is 16.0. The first-order valence-electron chi connectivity index (χ1n) is 9.35. The van der Waals surface area contributed by atoms with Gasteiger partial charge < -0.3 is 4.98 Å². The van der Waals surface area contributed by atoms with Crippen molar-refractivity contribution >= 4 is 28.8 Å². The molecule has 0 atom stereocenters. The molecule has 0 aromatic carbocycles. The number of rotatable bonds is 3. The minimum atomic E-state index is -0.487. The fraction of sp³-hybridized carbons (Fsp3) is 0.333. The molecule has 4 rings (SSSR count). The summed E-state index contributed by atoms with van der Waals surface area (Å²) in [6.07, 6.45) is 5.12. The summed E-state index contributed by atoms with van der Waals surface area (Å²) in [5.41, 5.74) is 3.43. The second-order valence-electron chi connectivity index (χ2n) is 7.85. The predicted molar refractivity (Wildman–Crippen MR) is 107 cm³/mol. The summed E-state index contributed by atoms with van der Waals surface area (Å²) in [5, 5.41) is 3.84. The van der Waals surface area contributed by atoms with E-state index in [1.165, 1.54) is 4.90 Å². The van der Waals surface area contributed by atoms with Gasteiger partial charge in [0.1, 0.15) is 11.5 Å². The summed E-state index contributed by atoms with van der Waals surface area (Å²) in [4.78, 5) is 38.0. The van der Waals surface area contributed by atoms with Gasteiger partial charge in [-0.05, 0) is 42.7 Å². The molecule has 1 aliphatic heterocycles. The Morgan fingerprint density at radius 2 is 2.11 bits per heavy atom. The summed E-state index contributed by atoms with van der Waals surface area (Å²) in [6.45, 7) is 6.08. The molecule has 2 N–H and O–H groups in total. The quantitative estimate of drug-likeness (QED) is 0.729. The first-order valence-corrected chi connectivity index (χ1v) is 9.35. The van der Waals surface area contributed by atoms with E-state index in [1.54, 1.807) is 12.3 Å². The van der Waals surface area contributed by atoms with Crippen molar-refractivity contribution in [3.63, 3.8) is 0 Å². The van der Waals surface area contributed by atoms with Gasteiger partial charge in [0.25, 0.3) is 0 Å². The highest BCUT2D eigenvalue weighted by molar-refractivity contribution is 6.03. The third-order valence-corrected chi connectivity index (χ3v) is 5.38. The summed E-state index contributed by atoms with van der Waals surface area (Å²) < 4.78 is 0. The fourth-order valence-electron chi connectivity index (χ4n) is 3.55. The third kappa shape index (κ3) is 3.24. The van der Waals surface area contributed by atoms with Gasteiger partial charge in [0.05, 0.1) is 0 Å². The maximum Gasteiger partial charge on any atom is 0.329 e. The maximum absolute atomic E-state index is 12.5. The Kier molecular flexibility index (Phi) is 4.37. The first kappa shape index (κ1) is 18.2. The van der Waals surface area contributed by atoms with Gasteiger partial charge in [-0.25, -0.2) is 14.8 Å². The van der Waals surface area contributed by atoms with Gasteiger partial charge in [0, 0.05) is 41.9 Å². The molecule has 0 aliphatic carbocycles. The number of carbonyl (C=O) groups excluding carboxylic acids is 2. The Bertz CT molecular complexity index is 1070. The zero-order valence-corrected chi connectivity index (χ0v) is 16.2. The van der Waals surface area contributed by atoms with Crippen LogP contribution < -0.4 is 5.32 Å². The van der Waals surface area contributed by atoms with Crippen molar-refractivity contribution < 1.29 is 9.59 Å². The van der Waals surface area contributed by atoms with Crippen LogP contribution in [0.4, 0.5) is 10.6 Å². The summed E-state index contributed by atoms with van der Waals surface area (Å²) >= 11 is 0. The summed E-state index contributed by atoms with van der Waals surface area (Å²) in [7, 11) is 0. The number of hydrogen-bond donors (Lipinski definition) is 2. The Morgan fingerprint density at radius 1 is 1.29 bits per heavy atom. The molecule has 144 valence electrons. The molecule has 7 nitrogen and oxygen atoms in total. The number of imide groups is 1. The zero-order chi connectivity index (χ0) is 19.9. The van der Waals surface area contributed by atoms with Crippen LogP contribution >= 0.6 is 0 Å². The van der Waals surface area contributed by atoms with Crippen molar-refractivity contribution in [2.75, 3.05) is 11.9 Å². The SMILES string of the molecule is Cc1nc(NC(=O)N2CCC(C)(C)C2=O)ccc1Cc1c[nH]c2ncccc12. The molecular weight excluding hydrogens is 354 g/mol. The minimum absolute atomic E-state index is 0.147. The molecule has 28 heavy (non-hydrogen) atoms. The van der Waals surface area contributed by atoms with Crippen molar-refractivity contribution in [2.45, 2.75) is 33.6 Å². The third-order valence-electron chi connectivity index (χ3n) is 5.38. The van der Waals surface area contributed by atoms with Crippen LogP contribution in [0.25, 0.3) is 11.0 Å². The number of urea groups is 1. The van der Waals surface area contributed by atoms with Gasteiger partial charge in [-0.3, -0.25) is 15.0 Å². The van der Waals surface area contributed by atoms with E-state index in [2.05, 4.69) is 20.3 Å². The van der Waals surface area contributed by atoms with Crippen molar-refractivity contribution in [1.29, 1.82) is 0 Å². The predicted octanol–water partition coefficient (Wildman–Crippen LogP) is 3.65. The van der Waals surface area contributed by atoms with Gasteiger partial charge in [0.2, 0.25) is 5.91 Å². The number of pyridine rings is 2. The number of aryl methyl sites for hydroxylation is 1. The van der Waals surface area contributed by atoms with Crippen molar-refractivity contribution in [2.24, 2.45) is 5.41 Å². The fourth-order valence-corrected chi connectivity index (χ4v) is 3.55. The van der Waals surface area contributed by atoms with E-state index < -0.39 is 11.4 Å². The molecule has 7 heteroatoms. The second kappa shape index (κ2) is 6.74. The van der Waals surface area contributed by atoms with Crippen molar-refractivity contribution in [1.82, 2.24) is 19.9 Å². The monoisotopic (exact) mass is 377 g/mol. The van der Waals surface area contributed by atoms with Crippen LogP contribution in [-0.4, -0.2) is 38.3 Å². The van der Waals surface area contributed by atoms with Crippen LogP contribution in [0.2, 0.25) is 0 Å². The van der Waals surface area contributed by atoms with Crippen LogP contribution in [0.5, 0.6) is 0 Å². The summed E-state index contributed by atoms with van der Waals surface area (Å²) in [6, 6.07) is 7.28. The summed E-state index contributed by atoms with van der Waals surface area (Å²) in [5.74, 6) is 0.302. The lowest BCUT2D eigenvalue weighted by atomic mass is 9.92. The minimum Gasteiger partial charge on any atom is -0.346 e. The number of nitrogens with zero attached hydrogens (tertiary/aromatic N) is 3. The Labute approximate surface area is 163 Å². The van der Waals surface area contributed by atoms with E-state index in [9.17, 15) is 9.59 Å². The average Bonchev–Trinajstić information content (AvgIpc) is 3.18. The number of amides is 3. The highest BCUT2D eigenvalue weighted by Gasteiger charge is 2.41. The number of hydrogen-bond acceptors (Lipinski definition) is 4. The molecule has 0 spiro atoms. The van der Waals surface area contributed by atoms with Gasteiger partial charge in [0.15, 0.2) is 0 Å². The molecular formula is C21H23N5O2. The second-order valence-corrected chi connectivity index (χ2v) is 7.85. The first-order chi connectivity index (χ1) is 13.3. The zero-order valence-electron chi connectivity index (χ0n) is 16.2. The lowest BCUT2D eigenvalue weighted by Gasteiger charge is -2.18. The number of aromatic nitrogens is 3. The highest BCUT2D eigenvalue weighted by atomic mass is 16.2. The highest BCUT2D eigenvalue weighted by Crippen LogP contribution is 2.31. The van der Waals surface area contributed by atoms with Gasteiger partial charge in [-0.1, -0.05) is 19.9 Å². The van der Waals surface area contributed by atoms with E-state index in [0.29, 0.717) is 18.8 Å². The lowest BCUT2D eigenvalue weighted by Crippen LogP contribution is -2.39. The molecule has 0 bridgehead atoms. The largest absolute Gasteiger partial charge is 0.346 e. The molecule has 1 fully saturated rings. The molecule has 1 saturated heterocycles. The number of aromatic amines is 1. The maximum atomic E-state index is 12.5. The standard InChI is InChI=1S/C21H23N5O2/c1-13-14(11-15-12-23-18-16(15)5-4-9-22-18)6-7-17(24-13)25-20(28)26-10-8-21(2,3)19(26)27/h4-7,9,12H,8,10-11H2,1-3H3,(H,22,23)(H,24,25,28). The van der Waals surface area contributed by atoms with E-state index in [0.717, 1.165) is 34.3 Å². The number of likely N-dealkylation sites (tertiary alicyclic amines) is 1. The molecule has 3 amide bonds. The molecule has 3 aromatic rings. The number of fused-ring (bicyclic) bond motifs is 1. The number of nitrogens with one attached hydrogen (secondary N) is 2. The van der Waals surface area contributed by atoms with Gasteiger partial charge in [-0.15, -0.1) is 0 Å². The van der Waals surface area contributed by atoms with Gasteiger partial charge >= 0.3 is 6.03 Å². The molecule has 3 aromatic heterocycles. The van der Waals surface area contributed by atoms with Crippen molar-refractivity contribution in [3.05, 3.63) is 53.5 Å². The van der Waals surface area contributed by atoms with Crippen LogP contribution in [0.15, 0.2) is 36.7 Å². The molecule has 0 unspecified atom stereocenters. The van der Waals surface area contributed by atoms with Crippen molar-refractivity contribution in [3.8, 4) is 0 Å². The number of carbonyl (C=O) groups is 2. The lowest BCUT2D eigenvalue weighted by molar-refractivity contribution is -0.131. The Morgan fingerprint density at radius 3 is 2.82 bits per heavy atom. The topological polar surface area (TPSA) is 91.0 Å². The van der Waals surface area contributed by atoms with E-state index >= 15 is 0 Å².